The molecule has 1 aromatic heterocycles. The summed E-state index contributed by atoms with van der Waals surface area (Å²) in [7, 11) is 0. The molecule has 35 heavy (non-hydrogen) atoms. The lowest BCUT2D eigenvalue weighted by Crippen LogP contribution is -2.44. The maximum absolute atomic E-state index is 13.6. The predicted octanol–water partition coefficient (Wildman–Crippen LogP) is 6.22. The number of carbonyl (C=O) groups excluding carboxylic acids is 1. The molecule has 0 aliphatic carbocycles. The van der Waals surface area contributed by atoms with Crippen LogP contribution in [-0.2, 0) is 6.54 Å². The first kappa shape index (κ1) is 23.3. The summed E-state index contributed by atoms with van der Waals surface area (Å²) in [5.74, 6) is -0.00501. The molecule has 1 N–H and O–H groups in total. The standard InChI is InChI=1S/C31H33N3O/c1-21-9-12-29-27(17-21)28(19-30(33-29)25-11-10-22(2)23(3)18-25)31(35)32-26-13-15-34(16-14-26)20-24-7-5-4-6-8-24/h4-12,17-19,26H,13-16,20H2,1-3H3,(H,32,35). The topological polar surface area (TPSA) is 45.2 Å². The Hall–Kier alpha value is -3.50. The molecule has 1 aliphatic heterocycles. The average molecular weight is 464 g/mol. The Kier molecular flexibility index (Phi) is 6.65. The summed E-state index contributed by atoms with van der Waals surface area (Å²) in [6.45, 7) is 9.23. The molecule has 0 bridgehead atoms. The number of carbonyl (C=O) groups is 1. The van der Waals surface area contributed by atoms with E-state index in [9.17, 15) is 4.79 Å². The largest absolute Gasteiger partial charge is 0.349 e. The highest BCUT2D eigenvalue weighted by atomic mass is 16.1. The third-order valence-corrected chi connectivity index (χ3v) is 7.18. The first-order valence-electron chi connectivity index (χ1n) is 12.5. The SMILES string of the molecule is Cc1ccc2nc(-c3ccc(C)c(C)c3)cc(C(=O)NC3CCN(Cc4ccccc4)CC3)c2c1. The number of amides is 1. The van der Waals surface area contributed by atoms with Crippen molar-refractivity contribution in [1.82, 2.24) is 15.2 Å². The minimum Gasteiger partial charge on any atom is -0.349 e. The van der Waals surface area contributed by atoms with E-state index in [0.717, 1.165) is 60.2 Å². The van der Waals surface area contributed by atoms with Gasteiger partial charge in [-0.15, -0.1) is 0 Å². The van der Waals surface area contributed by atoms with E-state index in [1.165, 1.54) is 16.7 Å². The van der Waals surface area contributed by atoms with Crippen molar-refractivity contribution in [2.24, 2.45) is 0 Å². The van der Waals surface area contributed by atoms with Crippen LogP contribution in [0, 0.1) is 20.8 Å². The monoisotopic (exact) mass is 463 g/mol. The fourth-order valence-corrected chi connectivity index (χ4v) is 4.92. The molecule has 5 rings (SSSR count). The van der Waals surface area contributed by atoms with Crippen LogP contribution in [-0.4, -0.2) is 34.9 Å². The van der Waals surface area contributed by atoms with Gasteiger partial charge < -0.3 is 5.32 Å². The van der Waals surface area contributed by atoms with Crippen molar-refractivity contribution in [2.75, 3.05) is 13.1 Å². The van der Waals surface area contributed by atoms with E-state index in [0.29, 0.717) is 5.56 Å². The lowest BCUT2D eigenvalue weighted by molar-refractivity contribution is 0.0910. The third-order valence-electron chi connectivity index (χ3n) is 7.18. The molecule has 1 amide bonds. The zero-order valence-corrected chi connectivity index (χ0v) is 20.8. The molecule has 3 aromatic carbocycles. The minimum absolute atomic E-state index is 0.00501. The number of fused-ring (bicyclic) bond motifs is 1. The van der Waals surface area contributed by atoms with Crippen molar-refractivity contribution in [3.05, 3.63) is 101 Å². The molecule has 4 heteroatoms. The number of rotatable bonds is 5. The number of nitrogens with zero attached hydrogens (tertiary/aromatic N) is 2. The van der Waals surface area contributed by atoms with Gasteiger partial charge in [0.15, 0.2) is 0 Å². The molecule has 4 nitrogen and oxygen atoms in total. The van der Waals surface area contributed by atoms with Crippen molar-refractivity contribution in [2.45, 2.75) is 46.2 Å². The van der Waals surface area contributed by atoms with E-state index in [1.54, 1.807) is 0 Å². The molecule has 0 saturated carbocycles. The van der Waals surface area contributed by atoms with E-state index in [4.69, 9.17) is 4.98 Å². The summed E-state index contributed by atoms with van der Waals surface area (Å²) in [6, 6.07) is 25.3. The second-order valence-electron chi connectivity index (χ2n) is 9.88. The zero-order valence-electron chi connectivity index (χ0n) is 20.8. The second kappa shape index (κ2) is 10.0. The van der Waals surface area contributed by atoms with Gasteiger partial charge in [-0.1, -0.05) is 54.1 Å². The van der Waals surface area contributed by atoms with Crippen LogP contribution in [0.1, 0.15) is 45.5 Å². The van der Waals surface area contributed by atoms with Crippen LogP contribution < -0.4 is 5.32 Å². The normalized spacial score (nSPS) is 14.8. The average Bonchev–Trinajstić information content (AvgIpc) is 2.87. The highest BCUT2D eigenvalue weighted by Crippen LogP contribution is 2.27. The Morgan fingerprint density at radius 2 is 1.69 bits per heavy atom. The van der Waals surface area contributed by atoms with Crippen LogP contribution in [0.4, 0.5) is 0 Å². The Bertz CT molecular complexity index is 1350. The molecule has 0 radical (unpaired) electrons. The van der Waals surface area contributed by atoms with Crippen molar-refractivity contribution >= 4 is 16.8 Å². The summed E-state index contributed by atoms with van der Waals surface area (Å²) in [6.07, 6.45) is 1.93. The number of piperidine rings is 1. The number of pyridine rings is 1. The zero-order chi connectivity index (χ0) is 24.4. The molecule has 0 atom stereocenters. The molecule has 1 fully saturated rings. The minimum atomic E-state index is -0.00501. The Morgan fingerprint density at radius 3 is 2.43 bits per heavy atom. The number of hydrogen-bond acceptors (Lipinski definition) is 3. The Morgan fingerprint density at radius 1 is 0.914 bits per heavy atom. The maximum atomic E-state index is 13.6. The number of likely N-dealkylation sites (tertiary alicyclic amines) is 1. The van der Waals surface area contributed by atoms with Gasteiger partial charge in [-0.3, -0.25) is 9.69 Å². The van der Waals surface area contributed by atoms with Crippen molar-refractivity contribution in [3.8, 4) is 11.3 Å². The molecular formula is C31H33N3O. The summed E-state index contributed by atoms with van der Waals surface area (Å²) >= 11 is 0. The van der Waals surface area contributed by atoms with Gasteiger partial charge in [-0.2, -0.15) is 0 Å². The predicted molar refractivity (Wildman–Crippen MR) is 144 cm³/mol. The molecule has 1 aliphatic rings. The maximum Gasteiger partial charge on any atom is 0.252 e. The van der Waals surface area contributed by atoms with Crippen LogP contribution in [0.5, 0.6) is 0 Å². The van der Waals surface area contributed by atoms with Crippen molar-refractivity contribution in [3.63, 3.8) is 0 Å². The van der Waals surface area contributed by atoms with E-state index in [2.05, 4.69) is 91.7 Å². The van der Waals surface area contributed by atoms with Gasteiger partial charge in [0, 0.05) is 36.6 Å². The first-order chi connectivity index (χ1) is 17.0. The van der Waals surface area contributed by atoms with Crippen LogP contribution in [0.2, 0.25) is 0 Å². The van der Waals surface area contributed by atoms with E-state index >= 15 is 0 Å². The van der Waals surface area contributed by atoms with Crippen LogP contribution in [0.3, 0.4) is 0 Å². The summed E-state index contributed by atoms with van der Waals surface area (Å²) < 4.78 is 0. The number of aryl methyl sites for hydroxylation is 3. The lowest BCUT2D eigenvalue weighted by Gasteiger charge is -2.32. The smallest absolute Gasteiger partial charge is 0.252 e. The van der Waals surface area contributed by atoms with E-state index in [-0.39, 0.29) is 11.9 Å². The fraction of sp³-hybridized carbons (Fsp3) is 0.290. The number of hydrogen-bond donors (Lipinski definition) is 1. The molecule has 178 valence electrons. The van der Waals surface area contributed by atoms with Gasteiger partial charge >= 0.3 is 0 Å². The Labute approximate surface area is 208 Å². The third kappa shape index (κ3) is 5.28. The molecular weight excluding hydrogens is 430 g/mol. The molecule has 0 unspecified atom stereocenters. The van der Waals surface area contributed by atoms with Crippen molar-refractivity contribution in [1.29, 1.82) is 0 Å². The second-order valence-corrected chi connectivity index (χ2v) is 9.88. The Balaban J connectivity index is 1.36. The summed E-state index contributed by atoms with van der Waals surface area (Å²) in [4.78, 5) is 20.9. The summed E-state index contributed by atoms with van der Waals surface area (Å²) in [5.41, 5.74) is 8.39. The highest BCUT2D eigenvalue weighted by Gasteiger charge is 2.23. The van der Waals surface area contributed by atoms with Crippen molar-refractivity contribution < 1.29 is 4.79 Å². The molecule has 0 spiro atoms. The van der Waals surface area contributed by atoms with E-state index in [1.807, 2.05) is 12.1 Å². The van der Waals surface area contributed by atoms with Gasteiger partial charge in [0.05, 0.1) is 16.8 Å². The number of nitrogens with one attached hydrogen (secondary N) is 1. The molecule has 4 aromatic rings. The van der Waals surface area contributed by atoms with Gasteiger partial charge in [-0.05, 0) is 74.6 Å². The fourth-order valence-electron chi connectivity index (χ4n) is 4.92. The van der Waals surface area contributed by atoms with Crippen LogP contribution in [0.15, 0.2) is 72.8 Å². The summed E-state index contributed by atoms with van der Waals surface area (Å²) in [5, 5.41) is 4.25. The number of aromatic nitrogens is 1. The lowest BCUT2D eigenvalue weighted by atomic mass is 9.99. The highest BCUT2D eigenvalue weighted by molar-refractivity contribution is 6.07. The first-order valence-corrected chi connectivity index (χ1v) is 12.5. The van der Waals surface area contributed by atoms with Crippen LogP contribution >= 0.6 is 0 Å². The van der Waals surface area contributed by atoms with Gasteiger partial charge in [0.25, 0.3) is 5.91 Å². The number of benzene rings is 3. The molecule has 2 heterocycles. The molecule has 1 saturated heterocycles. The van der Waals surface area contributed by atoms with Gasteiger partial charge in [0.1, 0.15) is 0 Å². The van der Waals surface area contributed by atoms with Gasteiger partial charge in [-0.25, -0.2) is 4.98 Å². The van der Waals surface area contributed by atoms with E-state index < -0.39 is 0 Å². The van der Waals surface area contributed by atoms with Gasteiger partial charge in [0.2, 0.25) is 0 Å². The quantitative estimate of drug-likeness (QED) is 0.382. The van der Waals surface area contributed by atoms with Crippen LogP contribution in [0.25, 0.3) is 22.2 Å².